The molecule has 1 aliphatic carbocycles. The van der Waals surface area contributed by atoms with E-state index in [-0.39, 0.29) is 17.4 Å². The summed E-state index contributed by atoms with van der Waals surface area (Å²) in [4.78, 5) is 14.5. The van der Waals surface area contributed by atoms with E-state index in [0.717, 1.165) is 43.4 Å². The molecule has 1 fully saturated rings. The van der Waals surface area contributed by atoms with Crippen LogP contribution in [-0.2, 0) is 12.8 Å². The van der Waals surface area contributed by atoms with Crippen molar-refractivity contribution in [2.45, 2.75) is 52.0 Å². The zero-order valence-electron chi connectivity index (χ0n) is 12.1. The third kappa shape index (κ3) is 1.91. The minimum atomic E-state index is -0.363. The summed E-state index contributed by atoms with van der Waals surface area (Å²) in [7, 11) is 0. The molecule has 0 saturated carbocycles. The second kappa shape index (κ2) is 4.62. The molecular weight excluding hydrogens is 252 g/mol. The van der Waals surface area contributed by atoms with Gasteiger partial charge in [-0.15, -0.1) is 0 Å². The summed E-state index contributed by atoms with van der Waals surface area (Å²) in [6.45, 7) is 4.78. The van der Waals surface area contributed by atoms with Crippen molar-refractivity contribution in [1.82, 2.24) is 15.1 Å². The maximum atomic E-state index is 12.8. The van der Waals surface area contributed by atoms with Crippen molar-refractivity contribution in [1.29, 1.82) is 5.26 Å². The number of aromatic amines is 1. The number of hydrogen-bond donors (Lipinski definition) is 1. The Morgan fingerprint density at radius 2 is 2.25 bits per heavy atom. The predicted molar refractivity (Wildman–Crippen MR) is 74.1 cm³/mol. The fraction of sp³-hybridized carbons (Fsp3) is 0.667. The van der Waals surface area contributed by atoms with Crippen LogP contribution in [0.15, 0.2) is 0 Å². The number of hydrogen-bond acceptors (Lipinski definition) is 3. The SMILES string of the molecule is CC1(C)CCCN(C(=O)c2n[nH]c3c2CCC3)C1C#N. The Morgan fingerprint density at radius 1 is 1.45 bits per heavy atom. The van der Waals surface area contributed by atoms with E-state index in [1.165, 1.54) is 0 Å². The highest BCUT2D eigenvalue weighted by molar-refractivity contribution is 5.94. The molecule has 1 aromatic heterocycles. The first-order chi connectivity index (χ1) is 9.54. The van der Waals surface area contributed by atoms with Crippen molar-refractivity contribution < 1.29 is 4.79 Å². The maximum absolute atomic E-state index is 12.8. The summed E-state index contributed by atoms with van der Waals surface area (Å²) in [5.41, 5.74) is 2.55. The zero-order chi connectivity index (χ0) is 14.3. The molecular formula is C15H20N4O. The number of carbonyl (C=O) groups excluding carboxylic acids is 1. The number of rotatable bonds is 1. The first-order valence-electron chi connectivity index (χ1n) is 7.31. The van der Waals surface area contributed by atoms with Crippen LogP contribution in [0.2, 0.25) is 0 Å². The van der Waals surface area contributed by atoms with Crippen molar-refractivity contribution >= 4 is 5.91 Å². The van der Waals surface area contributed by atoms with E-state index in [9.17, 15) is 10.1 Å². The molecule has 2 aliphatic rings. The molecule has 1 amide bonds. The van der Waals surface area contributed by atoms with Crippen molar-refractivity contribution in [2.24, 2.45) is 5.41 Å². The molecule has 1 atom stereocenters. The molecule has 106 valence electrons. The van der Waals surface area contributed by atoms with Gasteiger partial charge in [0.2, 0.25) is 0 Å². The summed E-state index contributed by atoms with van der Waals surface area (Å²) < 4.78 is 0. The van der Waals surface area contributed by atoms with Crippen molar-refractivity contribution in [2.75, 3.05) is 6.54 Å². The van der Waals surface area contributed by atoms with E-state index in [1.54, 1.807) is 4.90 Å². The van der Waals surface area contributed by atoms with Gasteiger partial charge in [0.15, 0.2) is 5.69 Å². The minimum absolute atomic E-state index is 0.0799. The first-order valence-corrected chi connectivity index (χ1v) is 7.31. The molecule has 3 rings (SSSR count). The molecule has 5 nitrogen and oxygen atoms in total. The van der Waals surface area contributed by atoms with Crippen LogP contribution in [0.3, 0.4) is 0 Å². The normalized spacial score (nSPS) is 24.2. The van der Waals surface area contributed by atoms with Crippen LogP contribution >= 0.6 is 0 Å². The highest BCUT2D eigenvalue weighted by Crippen LogP contribution is 2.36. The second-order valence-corrected chi connectivity index (χ2v) is 6.51. The Kier molecular flexibility index (Phi) is 3.04. The number of fused-ring (bicyclic) bond motifs is 1. The standard InChI is InChI=1S/C15H20N4O/c1-15(2)7-4-8-19(12(15)9-16)14(20)13-10-5-3-6-11(10)17-18-13/h12H,3-8H2,1-2H3,(H,17,18). The number of nitrogens with one attached hydrogen (secondary N) is 1. The van der Waals surface area contributed by atoms with Gasteiger partial charge in [0, 0.05) is 17.8 Å². The molecule has 1 unspecified atom stereocenters. The molecule has 0 spiro atoms. The lowest BCUT2D eigenvalue weighted by Gasteiger charge is -2.42. The van der Waals surface area contributed by atoms with Crippen LogP contribution in [0.5, 0.6) is 0 Å². The van der Waals surface area contributed by atoms with Gasteiger partial charge in [-0.2, -0.15) is 10.4 Å². The van der Waals surface area contributed by atoms with Crippen LogP contribution < -0.4 is 0 Å². The average Bonchev–Trinajstić information content (AvgIpc) is 2.98. The highest BCUT2D eigenvalue weighted by atomic mass is 16.2. The number of nitriles is 1. The fourth-order valence-corrected chi connectivity index (χ4v) is 3.49. The number of piperidine rings is 1. The lowest BCUT2D eigenvalue weighted by molar-refractivity contribution is 0.0431. The third-order valence-electron chi connectivity index (χ3n) is 4.66. The van der Waals surface area contributed by atoms with E-state index in [0.29, 0.717) is 12.2 Å². The molecule has 0 aromatic carbocycles. The first kappa shape index (κ1) is 13.2. The Bertz CT molecular complexity index is 581. The van der Waals surface area contributed by atoms with Gasteiger partial charge in [0.05, 0.1) is 6.07 Å². The molecule has 1 saturated heterocycles. The van der Waals surface area contributed by atoms with E-state index >= 15 is 0 Å². The molecule has 0 bridgehead atoms. The van der Waals surface area contributed by atoms with Crippen LogP contribution in [-0.4, -0.2) is 33.6 Å². The molecule has 5 heteroatoms. The summed E-state index contributed by atoms with van der Waals surface area (Å²) in [6.07, 6.45) is 4.90. The Hall–Kier alpha value is -1.83. The maximum Gasteiger partial charge on any atom is 0.275 e. The lowest BCUT2D eigenvalue weighted by atomic mass is 9.77. The second-order valence-electron chi connectivity index (χ2n) is 6.51. The van der Waals surface area contributed by atoms with E-state index < -0.39 is 0 Å². The van der Waals surface area contributed by atoms with Gasteiger partial charge in [-0.3, -0.25) is 9.89 Å². The number of H-pyrrole nitrogens is 1. The van der Waals surface area contributed by atoms with Gasteiger partial charge in [-0.25, -0.2) is 0 Å². The highest BCUT2D eigenvalue weighted by Gasteiger charge is 2.41. The van der Waals surface area contributed by atoms with Gasteiger partial charge < -0.3 is 4.90 Å². The number of nitrogens with zero attached hydrogens (tertiary/aromatic N) is 3. The lowest BCUT2D eigenvalue weighted by Crippen LogP contribution is -2.51. The summed E-state index contributed by atoms with van der Waals surface area (Å²) >= 11 is 0. The molecule has 0 radical (unpaired) electrons. The van der Waals surface area contributed by atoms with E-state index in [2.05, 4.69) is 30.1 Å². The molecule has 20 heavy (non-hydrogen) atoms. The van der Waals surface area contributed by atoms with Gasteiger partial charge in [-0.05, 0) is 37.5 Å². The average molecular weight is 272 g/mol. The topological polar surface area (TPSA) is 72.8 Å². The van der Waals surface area contributed by atoms with Crippen LogP contribution in [0.4, 0.5) is 0 Å². The Balaban J connectivity index is 1.91. The number of aryl methyl sites for hydroxylation is 1. The number of likely N-dealkylation sites (tertiary alicyclic amines) is 1. The zero-order valence-corrected chi connectivity index (χ0v) is 12.1. The molecule has 1 N–H and O–H groups in total. The molecule has 2 heterocycles. The summed E-state index contributed by atoms with van der Waals surface area (Å²) in [5.74, 6) is -0.0799. The number of amides is 1. The van der Waals surface area contributed by atoms with Crippen LogP contribution in [0.25, 0.3) is 0 Å². The third-order valence-corrected chi connectivity index (χ3v) is 4.66. The van der Waals surface area contributed by atoms with E-state index in [4.69, 9.17) is 0 Å². The van der Waals surface area contributed by atoms with Gasteiger partial charge >= 0.3 is 0 Å². The smallest absolute Gasteiger partial charge is 0.275 e. The molecule has 1 aromatic rings. The van der Waals surface area contributed by atoms with Crippen molar-refractivity contribution in [3.05, 3.63) is 17.0 Å². The number of aromatic nitrogens is 2. The van der Waals surface area contributed by atoms with Crippen LogP contribution in [0.1, 0.15) is 54.9 Å². The van der Waals surface area contributed by atoms with Crippen LogP contribution in [0, 0.1) is 16.7 Å². The minimum Gasteiger partial charge on any atom is -0.321 e. The Labute approximate surface area is 119 Å². The van der Waals surface area contributed by atoms with Gasteiger partial charge in [-0.1, -0.05) is 13.8 Å². The largest absolute Gasteiger partial charge is 0.321 e. The molecule has 1 aliphatic heterocycles. The van der Waals surface area contributed by atoms with Gasteiger partial charge in [0.1, 0.15) is 6.04 Å². The predicted octanol–water partition coefficient (Wildman–Crippen LogP) is 2.05. The number of carbonyl (C=O) groups is 1. The van der Waals surface area contributed by atoms with Crippen molar-refractivity contribution in [3.63, 3.8) is 0 Å². The van der Waals surface area contributed by atoms with E-state index in [1.807, 2.05) is 0 Å². The monoisotopic (exact) mass is 272 g/mol. The fourth-order valence-electron chi connectivity index (χ4n) is 3.49. The van der Waals surface area contributed by atoms with Gasteiger partial charge in [0.25, 0.3) is 5.91 Å². The quantitative estimate of drug-likeness (QED) is 0.850. The summed E-state index contributed by atoms with van der Waals surface area (Å²) in [5, 5.41) is 16.6. The summed E-state index contributed by atoms with van der Waals surface area (Å²) in [6, 6.07) is 1.96. The van der Waals surface area contributed by atoms with Crippen molar-refractivity contribution in [3.8, 4) is 6.07 Å². The Morgan fingerprint density at radius 3 is 3.00 bits per heavy atom.